The van der Waals surface area contributed by atoms with Crippen LogP contribution in [0.25, 0.3) is 0 Å². The fourth-order valence-corrected chi connectivity index (χ4v) is 3.57. The highest BCUT2D eigenvalue weighted by Crippen LogP contribution is 2.33. The van der Waals surface area contributed by atoms with E-state index in [9.17, 15) is 9.90 Å². The predicted molar refractivity (Wildman–Crippen MR) is 108 cm³/mol. The molecule has 0 saturated carbocycles. The van der Waals surface area contributed by atoms with Gasteiger partial charge in [0.2, 0.25) is 0 Å². The maximum atomic E-state index is 13.0. The second-order valence-corrected chi connectivity index (χ2v) is 7.27. The number of hydrogen-bond donors (Lipinski definition) is 2. The number of ether oxygens (including phenoxy) is 2. The number of carbonyl (C=O) groups excluding carboxylic acids is 1. The monoisotopic (exact) mass is 400 g/mol. The predicted octanol–water partition coefficient (Wildman–Crippen LogP) is 1.45. The number of aryl methyl sites for hydroxylation is 1. The molecule has 1 aliphatic heterocycles. The molecule has 0 aliphatic carbocycles. The number of likely N-dealkylation sites (tertiary alicyclic amines) is 1. The fourth-order valence-electron chi connectivity index (χ4n) is 3.57. The first kappa shape index (κ1) is 21.0. The number of amides is 1. The minimum Gasteiger partial charge on any atom is -0.493 e. The van der Waals surface area contributed by atoms with Crippen LogP contribution >= 0.6 is 0 Å². The lowest BCUT2D eigenvalue weighted by Gasteiger charge is -2.38. The molecule has 29 heavy (non-hydrogen) atoms. The van der Waals surface area contributed by atoms with E-state index in [1.165, 1.54) is 0 Å². The summed E-state index contributed by atoms with van der Waals surface area (Å²) in [7, 11) is 3.16. The van der Waals surface area contributed by atoms with Crippen molar-refractivity contribution in [3.05, 3.63) is 47.5 Å². The smallest absolute Gasteiger partial charge is 0.256 e. The number of aliphatic hydroxyl groups is 1. The van der Waals surface area contributed by atoms with Gasteiger partial charge in [-0.05, 0) is 25.8 Å². The zero-order valence-corrected chi connectivity index (χ0v) is 17.1. The van der Waals surface area contributed by atoms with E-state index in [0.29, 0.717) is 37.6 Å². The third-order valence-corrected chi connectivity index (χ3v) is 5.11. The summed E-state index contributed by atoms with van der Waals surface area (Å²) in [5.41, 5.74) is 1.01. The zero-order chi connectivity index (χ0) is 20.9. The van der Waals surface area contributed by atoms with Gasteiger partial charge in [0.05, 0.1) is 25.6 Å². The molecule has 2 heterocycles. The van der Waals surface area contributed by atoms with Crippen molar-refractivity contribution in [2.24, 2.45) is 0 Å². The van der Waals surface area contributed by atoms with Gasteiger partial charge in [0.1, 0.15) is 0 Å². The maximum absolute atomic E-state index is 13.0. The van der Waals surface area contributed by atoms with E-state index in [0.717, 1.165) is 23.4 Å². The molecule has 2 aromatic rings. The van der Waals surface area contributed by atoms with Gasteiger partial charge < -0.3 is 24.8 Å². The van der Waals surface area contributed by atoms with Crippen molar-refractivity contribution in [1.82, 2.24) is 20.2 Å². The average Bonchev–Trinajstić information content (AvgIpc) is 2.73. The zero-order valence-electron chi connectivity index (χ0n) is 17.1. The Kier molecular flexibility index (Phi) is 6.66. The highest BCUT2D eigenvalue weighted by Gasteiger charge is 2.42. The minimum absolute atomic E-state index is 0.160. The molecule has 0 unspecified atom stereocenters. The molecule has 8 nitrogen and oxygen atoms in total. The third-order valence-electron chi connectivity index (χ3n) is 5.11. The number of para-hydroxylation sites is 1. The van der Waals surface area contributed by atoms with E-state index in [1.807, 2.05) is 25.1 Å². The van der Waals surface area contributed by atoms with Crippen LogP contribution in [0.4, 0.5) is 0 Å². The standard InChI is InChI=1S/C21H28N4O4/c1-15-10-24-17(12-23-15)11-22-14-21(27)8-5-9-25(20(21)26)13-16-6-4-7-18(28-2)19(16)29-3/h4,6-7,10,12,22,27H,5,8-9,11,13-14H2,1-3H3/t21-/m1/s1. The van der Waals surface area contributed by atoms with E-state index in [4.69, 9.17) is 9.47 Å². The van der Waals surface area contributed by atoms with Crippen LogP contribution in [0.1, 0.15) is 29.8 Å². The Morgan fingerprint density at radius 2 is 2.07 bits per heavy atom. The number of piperidine rings is 1. The van der Waals surface area contributed by atoms with Crippen molar-refractivity contribution in [1.29, 1.82) is 0 Å². The van der Waals surface area contributed by atoms with Crippen LogP contribution in [-0.2, 0) is 17.9 Å². The number of methoxy groups -OCH3 is 2. The van der Waals surface area contributed by atoms with Crippen molar-refractivity contribution in [2.75, 3.05) is 27.3 Å². The summed E-state index contributed by atoms with van der Waals surface area (Å²) >= 11 is 0. The molecule has 8 heteroatoms. The second-order valence-electron chi connectivity index (χ2n) is 7.27. The lowest BCUT2D eigenvalue weighted by molar-refractivity contribution is -0.157. The molecule has 1 aromatic carbocycles. The van der Waals surface area contributed by atoms with Crippen LogP contribution in [0.3, 0.4) is 0 Å². The first-order valence-electron chi connectivity index (χ1n) is 9.66. The summed E-state index contributed by atoms with van der Waals surface area (Å²) in [4.78, 5) is 23.2. The van der Waals surface area contributed by atoms with Gasteiger partial charge in [-0.25, -0.2) is 0 Å². The van der Waals surface area contributed by atoms with Gasteiger partial charge >= 0.3 is 0 Å². The quantitative estimate of drug-likeness (QED) is 0.692. The molecule has 1 fully saturated rings. The van der Waals surface area contributed by atoms with Gasteiger partial charge in [0.25, 0.3) is 5.91 Å². The molecule has 1 saturated heterocycles. The highest BCUT2D eigenvalue weighted by atomic mass is 16.5. The lowest BCUT2D eigenvalue weighted by Crippen LogP contribution is -2.57. The average molecular weight is 400 g/mol. The van der Waals surface area contributed by atoms with E-state index in [-0.39, 0.29) is 12.5 Å². The van der Waals surface area contributed by atoms with Crippen LogP contribution in [0, 0.1) is 6.92 Å². The van der Waals surface area contributed by atoms with Gasteiger partial charge in [-0.15, -0.1) is 0 Å². The Balaban J connectivity index is 1.65. The van der Waals surface area contributed by atoms with E-state index in [1.54, 1.807) is 31.5 Å². The fraction of sp³-hybridized carbons (Fsp3) is 0.476. The van der Waals surface area contributed by atoms with Crippen LogP contribution in [-0.4, -0.2) is 58.8 Å². The Bertz CT molecular complexity index is 843. The molecular weight excluding hydrogens is 372 g/mol. The first-order chi connectivity index (χ1) is 14.0. The van der Waals surface area contributed by atoms with Gasteiger partial charge in [-0.1, -0.05) is 12.1 Å². The topological polar surface area (TPSA) is 96.8 Å². The molecule has 1 aliphatic rings. The van der Waals surface area contributed by atoms with Gasteiger partial charge in [-0.3, -0.25) is 14.8 Å². The number of rotatable bonds is 8. The molecule has 156 valence electrons. The van der Waals surface area contributed by atoms with Crippen LogP contribution in [0.15, 0.2) is 30.6 Å². The van der Waals surface area contributed by atoms with Crippen LogP contribution < -0.4 is 14.8 Å². The normalized spacial score (nSPS) is 19.3. The number of aromatic nitrogens is 2. The van der Waals surface area contributed by atoms with E-state index in [2.05, 4.69) is 15.3 Å². The molecular formula is C21H28N4O4. The molecule has 1 aromatic heterocycles. The SMILES string of the molecule is COc1cccc(CN2CCC[C@@](O)(CNCc3cnc(C)cn3)C2=O)c1OC. The number of carbonyl (C=O) groups is 1. The van der Waals surface area contributed by atoms with Crippen molar-refractivity contribution in [2.45, 2.75) is 38.5 Å². The van der Waals surface area contributed by atoms with Crippen molar-refractivity contribution < 1.29 is 19.4 Å². The summed E-state index contributed by atoms with van der Waals surface area (Å²) < 4.78 is 10.8. The van der Waals surface area contributed by atoms with E-state index < -0.39 is 5.60 Å². The van der Waals surface area contributed by atoms with Crippen molar-refractivity contribution in [3.63, 3.8) is 0 Å². The minimum atomic E-state index is -1.44. The van der Waals surface area contributed by atoms with Crippen molar-refractivity contribution >= 4 is 5.91 Å². The van der Waals surface area contributed by atoms with Crippen molar-refractivity contribution in [3.8, 4) is 11.5 Å². The van der Waals surface area contributed by atoms with Crippen LogP contribution in [0.5, 0.6) is 11.5 Å². The highest BCUT2D eigenvalue weighted by molar-refractivity contribution is 5.86. The van der Waals surface area contributed by atoms with Crippen LogP contribution in [0.2, 0.25) is 0 Å². The summed E-state index contributed by atoms with van der Waals surface area (Å²) in [5, 5.41) is 14.1. The Hall–Kier alpha value is -2.71. The Morgan fingerprint density at radius 3 is 2.76 bits per heavy atom. The largest absolute Gasteiger partial charge is 0.493 e. The molecule has 0 bridgehead atoms. The second kappa shape index (κ2) is 9.19. The summed E-state index contributed by atoms with van der Waals surface area (Å²) in [6, 6.07) is 5.58. The summed E-state index contributed by atoms with van der Waals surface area (Å²) in [5.74, 6) is 0.940. The Labute approximate surface area is 170 Å². The molecule has 3 rings (SSSR count). The third kappa shape index (κ3) is 4.83. The van der Waals surface area contributed by atoms with Gasteiger partial charge in [-0.2, -0.15) is 0 Å². The number of nitrogens with zero attached hydrogens (tertiary/aromatic N) is 3. The lowest BCUT2D eigenvalue weighted by atomic mass is 9.91. The van der Waals surface area contributed by atoms with E-state index >= 15 is 0 Å². The maximum Gasteiger partial charge on any atom is 0.256 e. The molecule has 0 radical (unpaired) electrons. The number of benzene rings is 1. The summed E-state index contributed by atoms with van der Waals surface area (Å²) in [6.45, 7) is 3.41. The molecule has 2 N–H and O–H groups in total. The summed E-state index contributed by atoms with van der Waals surface area (Å²) in [6.07, 6.45) is 4.53. The molecule has 1 atom stereocenters. The molecule has 1 amide bonds. The molecule has 0 spiro atoms. The van der Waals surface area contributed by atoms with Gasteiger partial charge in [0.15, 0.2) is 17.1 Å². The number of hydrogen-bond acceptors (Lipinski definition) is 7. The first-order valence-corrected chi connectivity index (χ1v) is 9.66. The number of nitrogens with one attached hydrogen (secondary N) is 1. The van der Waals surface area contributed by atoms with Gasteiger partial charge in [0, 0.05) is 44.1 Å². The Morgan fingerprint density at radius 1 is 1.24 bits per heavy atom.